The molecule has 9 heteroatoms. The van der Waals surface area contributed by atoms with Crippen LogP contribution in [-0.4, -0.2) is 100 Å². The number of carbonyl (C=O) groups excluding carboxylic acids is 2. The molecule has 2 amide bonds. The van der Waals surface area contributed by atoms with Crippen molar-refractivity contribution in [1.82, 2.24) is 29.5 Å². The Morgan fingerprint density at radius 3 is 2.19 bits per heavy atom. The van der Waals surface area contributed by atoms with Crippen LogP contribution in [-0.2, 0) is 27.8 Å². The van der Waals surface area contributed by atoms with Crippen LogP contribution in [0, 0.1) is 20.8 Å². The zero-order valence-electron chi connectivity index (χ0n) is 19.7. The number of nitrogens with zero attached hydrogens (tertiary/aromatic N) is 6. The molecule has 0 bridgehead atoms. The third-order valence-electron chi connectivity index (χ3n) is 6.77. The van der Waals surface area contributed by atoms with Crippen molar-refractivity contribution in [2.24, 2.45) is 7.05 Å². The predicted octanol–water partition coefficient (Wildman–Crippen LogP) is 0.829. The number of pyridine rings is 1. The normalized spacial score (nSPS) is 17.9. The van der Waals surface area contributed by atoms with Crippen LogP contribution in [0.3, 0.4) is 0 Å². The van der Waals surface area contributed by atoms with Gasteiger partial charge in [0.25, 0.3) is 0 Å². The van der Waals surface area contributed by atoms with Crippen molar-refractivity contribution in [1.29, 1.82) is 0 Å². The molecule has 0 aromatic carbocycles. The maximum absolute atomic E-state index is 12.9. The summed E-state index contributed by atoms with van der Waals surface area (Å²) in [5, 5.41) is 5.59. The number of ether oxygens (including phenoxy) is 1. The Labute approximate surface area is 189 Å². The van der Waals surface area contributed by atoms with E-state index in [2.05, 4.69) is 16.9 Å². The predicted molar refractivity (Wildman–Crippen MR) is 121 cm³/mol. The van der Waals surface area contributed by atoms with Gasteiger partial charge in [-0.1, -0.05) is 0 Å². The van der Waals surface area contributed by atoms with Gasteiger partial charge in [-0.25, -0.2) is 4.98 Å². The van der Waals surface area contributed by atoms with E-state index >= 15 is 0 Å². The van der Waals surface area contributed by atoms with Crippen molar-refractivity contribution >= 4 is 22.8 Å². The summed E-state index contributed by atoms with van der Waals surface area (Å²) in [6.45, 7) is 12.0. The highest BCUT2D eigenvalue weighted by molar-refractivity contribution is 5.84. The van der Waals surface area contributed by atoms with Gasteiger partial charge >= 0.3 is 0 Å². The van der Waals surface area contributed by atoms with E-state index < -0.39 is 0 Å². The Hall–Kier alpha value is -2.52. The van der Waals surface area contributed by atoms with Crippen LogP contribution in [0.25, 0.3) is 11.0 Å². The van der Waals surface area contributed by atoms with Gasteiger partial charge in [-0.15, -0.1) is 0 Å². The standard InChI is InChI=1S/C23H34N6O3/c1-16-19(17(2)24-23-22(16)18(3)25-26(23)4)5-6-20(30)28-7-9-29(10-8-28)21(31)15-27-11-13-32-14-12-27/h5-15H2,1-4H3. The summed E-state index contributed by atoms with van der Waals surface area (Å²) in [5.41, 5.74) is 5.14. The molecule has 0 saturated carbocycles. The van der Waals surface area contributed by atoms with Crippen LogP contribution < -0.4 is 0 Å². The molecule has 0 unspecified atom stereocenters. The first-order valence-electron chi connectivity index (χ1n) is 11.5. The third-order valence-corrected chi connectivity index (χ3v) is 6.77. The molecular formula is C23H34N6O3. The fourth-order valence-electron chi connectivity index (χ4n) is 4.88. The molecule has 2 aliphatic rings. The zero-order chi connectivity index (χ0) is 22.8. The van der Waals surface area contributed by atoms with Gasteiger partial charge in [-0.2, -0.15) is 5.10 Å². The molecular weight excluding hydrogens is 408 g/mol. The summed E-state index contributed by atoms with van der Waals surface area (Å²) in [7, 11) is 1.91. The smallest absolute Gasteiger partial charge is 0.236 e. The molecule has 2 fully saturated rings. The van der Waals surface area contributed by atoms with Crippen LogP contribution in [0.1, 0.15) is 28.9 Å². The molecule has 2 saturated heterocycles. The molecule has 174 valence electrons. The number of aromatic nitrogens is 3. The average Bonchev–Trinajstić information content (AvgIpc) is 3.07. The number of morpholine rings is 1. The second kappa shape index (κ2) is 9.54. The molecule has 9 nitrogen and oxygen atoms in total. The second-order valence-electron chi connectivity index (χ2n) is 8.86. The minimum atomic E-state index is 0.145. The zero-order valence-corrected chi connectivity index (χ0v) is 19.7. The maximum Gasteiger partial charge on any atom is 0.236 e. The van der Waals surface area contributed by atoms with Gasteiger partial charge in [0.05, 0.1) is 25.5 Å². The van der Waals surface area contributed by atoms with Crippen molar-refractivity contribution in [3.63, 3.8) is 0 Å². The van der Waals surface area contributed by atoms with Crippen molar-refractivity contribution in [3.05, 3.63) is 22.5 Å². The van der Waals surface area contributed by atoms with Gasteiger partial charge in [0, 0.05) is 63.8 Å². The fourth-order valence-corrected chi connectivity index (χ4v) is 4.88. The van der Waals surface area contributed by atoms with E-state index in [1.165, 1.54) is 5.56 Å². The number of carbonyl (C=O) groups is 2. The first kappa shape index (κ1) is 22.7. The second-order valence-corrected chi connectivity index (χ2v) is 8.86. The minimum absolute atomic E-state index is 0.145. The molecule has 2 aromatic rings. The van der Waals surface area contributed by atoms with Crippen molar-refractivity contribution < 1.29 is 14.3 Å². The van der Waals surface area contributed by atoms with Crippen molar-refractivity contribution in [2.45, 2.75) is 33.6 Å². The Morgan fingerprint density at radius 2 is 1.53 bits per heavy atom. The van der Waals surface area contributed by atoms with E-state index in [1.54, 1.807) is 0 Å². The minimum Gasteiger partial charge on any atom is -0.379 e. The van der Waals surface area contributed by atoms with Gasteiger partial charge in [-0.3, -0.25) is 19.2 Å². The molecule has 2 aromatic heterocycles. The largest absolute Gasteiger partial charge is 0.379 e. The summed E-state index contributed by atoms with van der Waals surface area (Å²) in [6, 6.07) is 0. The first-order valence-corrected chi connectivity index (χ1v) is 11.5. The van der Waals surface area contributed by atoms with E-state index in [4.69, 9.17) is 9.72 Å². The van der Waals surface area contributed by atoms with Crippen LogP contribution in [0.5, 0.6) is 0 Å². The highest BCUT2D eigenvalue weighted by Gasteiger charge is 2.26. The lowest BCUT2D eigenvalue weighted by Crippen LogP contribution is -2.53. The van der Waals surface area contributed by atoms with E-state index in [0.29, 0.717) is 58.8 Å². The Balaban J connectivity index is 1.31. The van der Waals surface area contributed by atoms with E-state index in [9.17, 15) is 9.59 Å². The monoisotopic (exact) mass is 442 g/mol. The number of fused-ring (bicyclic) bond motifs is 1. The lowest BCUT2D eigenvalue weighted by atomic mass is 9.99. The number of piperazine rings is 1. The quantitative estimate of drug-likeness (QED) is 0.682. The first-order chi connectivity index (χ1) is 15.3. The lowest BCUT2D eigenvalue weighted by Gasteiger charge is -2.36. The topological polar surface area (TPSA) is 83.8 Å². The molecule has 0 aliphatic carbocycles. The molecule has 0 spiro atoms. The highest BCUT2D eigenvalue weighted by Crippen LogP contribution is 2.26. The van der Waals surface area contributed by atoms with Gasteiger partial charge in [0.1, 0.15) is 0 Å². The van der Waals surface area contributed by atoms with Gasteiger partial charge in [0.2, 0.25) is 11.8 Å². The summed E-state index contributed by atoms with van der Waals surface area (Å²) in [4.78, 5) is 36.1. The molecule has 2 aliphatic heterocycles. The van der Waals surface area contributed by atoms with E-state index in [-0.39, 0.29) is 11.8 Å². The van der Waals surface area contributed by atoms with Crippen molar-refractivity contribution in [2.75, 3.05) is 59.0 Å². The molecule has 4 heterocycles. The van der Waals surface area contributed by atoms with Crippen LogP contribution in [0.2, 0.25) is 0 Å². The lowest BCUT2D eigenvalue weighted by molar-refractivity contribution is -0.140. The maximum atomic E-state index is 12.9. The van der Waals surface area contributed by atoms with Gasteiger partial charge in [0.15, 0.2) is 5.65 Å². The van der Waals surface area contributed by atoms with E-state index in [0.717, 1.165) is 41.1 Å². The van der Waals surface area contributed by atoms with E-state index in [1.807, 2.05) is 35.4 Å². The fraction of sp³-hybridized carbons (Fsp3) is 0.652. The molecule has 0 N–H and O–H groups in total. The molecule has 0 radical (unpaired) electrons. The number of hydrogen-bond donors (Lipinski definition) is 0. The van der Waals surface area contributed by atoms with Crippen LogP contribution in [0.15, 0.2) is 0 Å². The highest BCUT2D eigenvalue weighted by atomic mass is 16.5. The van der Waals surface area contributed by atoms with Crippen LogP contribution >= 0.6 is 0 Å². The summed E-state index contributed by atoms with van der Waals surface area (Å²) >= 11 is 0. The summed E-state index contributed by atoms with van der Waals surface area (Å²) in [6.07, 6.45) is 1.12. The Morgan fingerprint density at radius 1 is 0.906 bits per heavy atom. The molecule has 0 atom stereocenters. The average molecular weight is 443 g/mol. The molecule has 4 rings (SSSR count). The number of aryl methyl sites for hydroxylation is 4. The number of amides is 2. The third kappa shape index (κ3) is 4.63. The number of rotatable bonds is 5. The Bertz CT molecular complexity index is 1000. The SMILES string of the molecule is Cc1nc2c(c(C)nn2C)c(C)c1CCC(=O)N1CCN(C(=O)CN2CCOCC2)CC1. The number of hydrogen-bond acceptors (Lipinski definition) is 6. The van der Waals surface area contributed by atoms with Gasteiger partial charge < -0.3 is 14.5 Å². The van der Waals surface area contributed by atoms with Gasteiger partial charge in [-0.05, 0) is 38.3 Å². The Kier molecular flexibility index (Phi) is 6.76. The van der Waals surface area contributed by atoms with Crippen molar-refractivity contribution in [3.8, 4) is 0 Å². The summed E-state index contributed by atoms with van der Waals surface area (Å²) in [5.74, 6) is 0.295. The summed E-state index contributed by atoms with van der Waals surface area (Å²) < 4.78 is 7.16. The van der Waals surface area contributed by atoms with Crippen LogP contribution in [0.4, 0.5) is 0 Å². The molecule has 32 heavy (non-hydrogen) atoms.